The van der Waals surface area contributed by atoms with Gasteiger partial charge in [0.15, 0.2) is 0 Å². The van der Waals surface area contributed by atoms with Crippen LogP contribution in [0.4, 0.5) is 0 Å². The van der Waals surface area contributed by atoms with E-state index in [0.717, 1.165) is 12.8 Å². The van der Waals surface area contributed by atoms with E-state index in [0.29, 0.717) is 38.8 Å². The van der Waals surface area contributed by atoms with E-state index in [1.54, 1.807) is 0 Å². The van der Waals surface area contributed by atoms with E-state index >= 15 is 0 Å². The summed E-state index contributed by atoms with van der Waals surface area (Å²) in [6, 6.07) is 0.608. The summed E-state index contributed by atoms with van der Waals surface area (Å²) in [6.45, 7) is 7.60. The molecule has 22 heavy (non-hydrogen) atoms. The molecule has 0 N–H and O–H groups in total. The molecule has 0 aliphatic rings. The van der Waals surface area contributed by atoms with Crippen LogP contribution in [0.5, 0.6) is 0 Å². The van der Waals surface area contributed by atoms with Crippen molar-refractivity contribution in [3.63, 3.8) is 0 Å². The van der Waals surface area contributed by atoms with Crippen LogP contribution in [-0.4, -0.2) is 53.4 Å². The third-order valence-electron chi connectivity index (χ3n) is 2.87. The van der Waals surface area contributed by atoms with Gasteiger partial charge in [0, 0.05) is 25.4 Å². The lowest BCUT2D eigenvalue weighted by atomic mass is 10.2. The highest BCUT2D eigenvalue weighted by atomic mass is 28.4. The Hall–Kier alpha value is -1.14. The highest BCUT2D eigenvalue weighted by Gasteiger charge is 2.41. The van der Waals surface area contributed by atoms with E-state index in [9.17, 15) is 9.59 Å². The van der Waals surface area contributed by atoms with Crippen molar-refractivity contribution in [2.75, 3.05) is 26.3 Å². The second-order valence-electron chi connectivity index (χ2n) is 4.67. The Kier molecular flexibility index (Phi) is 12.8. The predicted octanol–water partition coefficient (Wildman–Crippen LogP) is 2.25. The lowest BCUT2D eigenvalue weighted by molar-refractivity contribution is 0.0349. The fraction of sp³-hybridized carbons (Fsp3) is 0.857. The van der Waals surface area contributed by atoms with Crippen LogP contribution in [0.25, 0.3) is 0 Å². The highest BCUT2D eigenvalue weighted by molar-refractivity contribution is 6.60. The summed E-state index contributed by atoms with van der Waals surface area (Å²) >= 11 is 0. The Balaban J connectivity index is 4.57. The number of nitrogens with zero attached hydrogens (tertiary/aromatic N) is 2. The summed E-state index contributed by atoms with van der Waals surface area (Å²) in [5.41, 5.74) is 0. The van der Waals surface area contributed by atoms with Crippen molar-refractivity contribution in [1.29, 1.82) is 0 Å². The van der Waals surface area contributed by atoms with Crippen LogP contribution in [0, 0.1) is 0 Å². The van der Waals surface area contributed by atoms with Crippen molar-refractivity contribution in [3.05, 3.63) is 0 Å². The molecule has 0 bridgehead atoms. The highest BCUT2D eigenvalue weighted by Crippen LogP contribution is 2.21. The number of aliphatic imine (C=N–C) groups is 2. The van der Waals surface area contributed by atoms with Gasteiger partial charge in [-0.1, -0.05) is 0 Å². The van der Waals surface area contributed by atoms with Gasteiger partial charge in [0.25, 0.3) is 0 Å². The van der Waals surface area contributed by atoms with Gasteiger partial charge < -0.3 is 13.3 Å². The van der Waals surface area contributed by atoms with Gasteiger partial charge in [-0.3, -0.25) is 0 Å². The second kappa shape index (κ2) is 13.5. The smallest absolute Gasteiger partial charge is 0.374 e. The van der Waals surface area contributed by atoms with Gasteiger partial charge in [0.1, 0.15) is 0 Å². The third kappa shape index (κ3) is 9.73. The molecule has 0 heterocycles. The Labute approximate surface area is 133 Å². The first-order valence-electron chi connectivity index (χ1n) is 7.67. The van der Waals surface area contributed by atoms with Gasteiger partial charge in [-0.15, -0.1) is 0 Å². The largest absolute Gasteiger partial charge is 0.501 e. The van der Waals surface area contributed by atoms with Crippen molar-refractivity contribution >= 4 is 21.0 Å². The standard InChI is InChI=1S/C14H26N2O5Si/c1-4-19-22(20-5-2,11-7-10-16-13-18)21-14(3)8-6-9-15-12-17/h14H,4-11H2,1-3H3. The number of hydrogen-bond acceptors (Lipinski definition) is 7. The average molecular weight is 330 g/mol. The van der Waals surface area contributed by atoms with E-state index in [4.69, 9.17) is 13.3 Å². The van der Waals surface area contributed by atoms with Crippen molar-refractivity contribution in [1.82, 2.24) is 0 Å². The topological polar surface area (TPSA) is 86.6 Å². The van der Waals surface area contributed by atoms with E-state index in [1.165, 1.54) is 12.2 Å². The summed E-state index contributed by atoms with van der Waals surface area (Å²) in [4.78, 5) is 27.2. The zero-order chi connectivity index (χ0) is 16.7. The van der Waals surface area contributed by atoms with Crippen LogP contribution >= 0.6 is 0 Å². The summed E-state index contributed by atoms with van der Waals surface area (Å²) in [5, 5.41) is 0. The van der Waals surface area contributed by atoms with E-state index in [-0.39, 0.29) is 6.10 Å². The maximum Gasteiger partial charge on any atom is 0.501 e. The summed E-state index contributed by atoms with van der Waals surface area (Å²) in [6.07, 6.45) is 5.15. The Morgan fingerprint density at radius 3 is 2.05 bits per heavy atom. The molecule has 126 valence electrons. The van der Waals surface area contributed by atoms with Crippen LogP contribution in [0.15, 0.2) is 9.98 Å². The molecule has 8 heteroatoms. The molecule has 0 aromatic rings. The molecule has 0 fully saturated rings. The minimum absolute atomic E-state index is 0.0545. The molecule has 0 aromatic carbocycles. The Morgan fingerprint density at radius 1 is 1.00 bits per heavy atom. The second-order valence-corrected chi connectivity index (χ2v) is 7.35. The molecule has 0 rings (SSSR count). The predicted molar refractivity (Wildman–Crippen MR) is 84.2 cm³/mol. The zero-order valence-electron chi connectivity index (χ0n) is 13.7. The lowest BCUT2D eigenvalue weighted by Crippen LogP contribution is -2.48. The first kappa shape index (κ1) is 20.9. The lowest BCUT2D eigenvalue weighted by Gasteiger charge is -2.31. The van der Waals surface area contributed by atoms with Gasteiger partial charge >= 0.3 is 8.80 Å². The molecule has 0 radical (unpaired) electrons. The summed E-state index contributed by atoms with van der Waals surface area (Å²) in [5.74, 6) is 0. The van der Waals surface area contributed by atoms with Crippen LogP contribution in [0.1, 0.15) is 40.0 Å². The quantitative estimate of drug-likeness (QED) is 0.211. The van der Waals surface area contributed by atoms with E-state index < -0.39 is 8.80 Å². The molecule has 1 unspecified atom stereocenters. The van der Waals surface area contributed by atoms with Crippen molar-refractivity contribution in [2.24, 2.45) is 9.98 Å². The minimum Gasteiger partial charge on any atom is -0.374 e. The third-order valence-corrected chi connectivity index (χ3v) is 6.06. The molecule has 0 aliphatic heterocycles. The van der Waals surface area contributed by atoms with Crippen molar-refractivity contribution in [3.8, 4) is 0 Å². The summed E-state index contributed by atoms with van der Waals surface area (Å²) < 4.78 is 17.7. The number of rotatable bonds is 14. The Morgan fingerprint density at radius 2 is 1.55 bits per heavy atom. The SMILES string of the molecule is CCO[Si](CCCN=C=O)(OCC)OC(C)CCCN=C=O. The fourth-order valence-electron chi connectivity index (χ4n) is 2.04. The molecule has 0 saturated carbocycles. The minimum atomic E-state index is -2.77. The molecule has 0 amide bonds. The first-order chi connectivity index (χ1) is 10.6. The van der Waals surface area contributed by atoms with Crippen LogP contribution in [0.3, 0.4) is 0 Å². The maximum absolute atomic E-state index is 10.1. The van der Waals surface area contributed by atoms with E-state index in [2.05, 4.69) is 9.98 Å². The van der Waals surface area contributed by atoms with E-state index in [1.807, 2.05) is 20.8 Å². The van der Waals surface area contributed by atoms with Gasteiger partial charge in [0.05, 0.1) is 13.1 Å². The molecular weight excluding hydrogens is 304 g/mol. The van der Waals surface area contributed by atoms with Gasteiger partial charge in [-0.05, 0) is 40.0 Å². The molecule has 7 nitrogen and oxygen atoms in total. The van der Waals surface area contributed by atoms with Crippen molar-refractivity contribution < 1.29 is 22.9 Å². The van der Waals surface area contributed by atoms with Crippen molar-refractivity contribution in [2.45, 2.75) is 52.2 Å². The maximum atomic E-state index is 10.1. The Bertz CT molecular complexity index is 375. The monoisotopic (exact) mass is 330 g/mol. The molecule has 0 spiro atoms. The average Bonchev–Trinajstić information content (AvgIpc) is 2.49. The van der Waals surface area contributed by atoms with Crippen LogP contribution in [0.2, 0.25) is 6.04 Å². The molecule has 0 aliphatic carbocycles. The van der Waals surface area contributed by atoms with Crippen LogP contribution in [-0.2, 0) is 22.9 Å². The van der Waals surface area contributed by atoms with Gasteiger partial charge in [-0.2, -0.15) is 0 Å². The number of isocyanates is 2. The molecular formula is C14H26N2O5Si. The zero-order valence-corrected chi connectivity index (χ0v) is 14.7. The number of hydrogen-bond donors (Lipinski definition) is 0. The molecule has 0 aromatic heterocycles. The summed E-state index contributed by atoms with van der Waals surface area (Å²) in [7, 11) is -2.77. The normalized spacial score (nSPS) is 12.3. The van der Waals surface area contributed by atoms with Gasteiger partial charge in [0.2, 0.25) is 12.2 Å². The fourth-order valence-corrected chi connectivity index (χ4v) is 4.87. The number of carbonyl (C=O) groups excluding carboxylic acids is 2. The molecule has 1 atom stereocenters. The van der Waals surface area contributed by atoms with Crippen LogP contribution < -0.4 is 0 Å². The first-order valence-corrected chi connectivity index (χ1v) is 9.60. The molecule has 0 saturated heterocycles. The van der Waals surface area contributed by atoms with Gasteiger partial charge in [-0.25, -0.2) is 19.6 Å².